The third kappa shape index (κ3) is 2.79. The van der Waals surface area contributed by atoms with Crippen LogP contribution >= 0.6 is 11.3 Å². The SMILES string of the molecule is CC(=O)c1nc(-c2ccc(S(=O)(=O)N(C)C)cc2)cs1. The van der Waals surface area contributed by atoms with Crippen molar-refractivity contribution >= 4 is 27.1 Å². The first kappa shape index (κ1) is 14.8. The zero-order chi connectivity index (χ0) is 14.9. The van der Waals surface area contributed by atoms with Gasteiger partial charge in [0.15, 0.2) is 10.8 Å². The van der Waals surface area contributed by atoms with Crippen LogP contribution in [0.5, 0.6) is 0 Å². The summed E-state index contributed by atoms with van der Waals surface area (Å²) in [6.45, 7) is 1.47. The molecule has 0 N–H and O–H groups in total. The Kier molecular flexibility index (Phi) is 4.03. The summed E-state index contributed by atoms with van der Waals surface area (Å²) in [4.78, 5) is 15.7. The van der Waals surface area contributed by atoms with Gasteiger partial charge in [0.1, 0.15) is 0 Å². The van der Waals surface area contributed by atoms with Gasteiger partial charge in [-0.1, -0.05) is 12.1 Å². The quantitative estimate of drug-likeness (QED) is 0.812. The average Bonchev–Trinajstić information content (AvgIpc) is 2.88. The number of hydrogen-bond donors (Lipinski definition) is 0. The lowest BCUT2D eigenvalue weighted by molar-refractivity contribution is 0.101. The highest BCUT2D eigenvalue weighted by Gasteiger charge is 2.17. The van der Waals surface area contributed by atoms with Gasteiger partial charge >= 0.3 is 0 Å². The van der Waals surface area contributed by atoms with Crippen molar-refractivity contribution in [3.05, 3.63) is 34.7 Å². The number of thiazole rings is 1. The molecule has 2 rings (SSSR count). The number of nitrogens with zero attached hydrogens (tertiary/aromatic N) is 2. The van der Waals surface area contributed by atoms with Crippen LogP contribution in [0.4, 0.5) is 0 Å². The van der Waals surface area contributed by atoms with Crippen LogP contribution in [0.25, 0.3) is 11.3 Å². The molecule has 1 aromatic carbocycles. The highest BCUT2D eigenvalue weighted by molar-refractivity contribution is 7.89. The zero-order valence-corrected chi connectivity index (χ0v) is 13.0. The zero-order valence-electron chi connectivity index (χ0n) is 11.3. The fourth-order valence-corrected chi connectivity index (χ4v) is 3.21. The molecule has 20 heavy (non-hydrogen) atoms. The van der Waals surface area contributed by atoms with Crippen molar-refractivity contribution in [1.29, 1.82) is 0 Å². The monoisotopic (exact) mass is 310 g/mol. The predicted molar refractivity (Wildman–Crippen MR) is 78.4 cm³/mol. The van der Waals surface area contributed by atoms with Crippen molar-refractivity contribution in [3.63, 3.8) is 0 Å². The van der Waals surface area contributed by atoms with Crippen LogP contribution in [0.3, 0.4) is 0 Å². The van der Waals surface area contributed by atoms with E-state index in [9.17, 15) is 13.2 Å². The highest BCUT2D eigenvalue weighted by atomic mass is 32.2. The Bertz CT molecular complexity index is 731. The molecule has 1 aromatic heterocycles. The molecule has 0 saturated heterocycles. The molecule has 0 aliphatic carbocycles. The molecule has 1 heterocycles. The molecule has 0 fully saturated rings. The lowest BCUT2D eigenvalue weighted by atomic mass is 10.2. The Morgan fingerprint density at radius 2 is 1.80 bits per heavy atom. The summed E-state index contributed by atoms with van der Waals surface area (Å²) >= 11 is 1.28. The lowest BCUT2D eigenvalue weighted by Crippen LogP contribution is -2.22. The molecule has 0 bridgehead atoms. The number of rotatable bonds is 4. The van der Waals surface area contributed by atoms with Gasteiger partial charge in [-0.05, 0) is 12.1 Å². The minimum Gasteiger partial charge on any atom is -0.292 e. The summed E-state index contributed by atoms with van der Waals surface area (Å²) in [6, 6.07) is 6.46. The number of ketones is 1. The molecular formula is C13H14N2O3S2. The molecule has 0 unspecified atom stereocenters. The van der Waals surface area contributed by atoms with Gasteiger partial charge in [-0.3, -0.25) is 4.79 Å². The molecule has 0 aliphatic heterocycles. The number of hydrogen-bond acceptors (Lipinski definition) is 5. The summed E-state index contributed by atoms with van der Waals surface area (Å²) in [6.07, 6.45) is 0. The Balaban J connectivity index is 2.35. The normalized spacial score (nSPS) is 11.8. The van der Waals surface area contributed by atoms with Crippen molar-refractivity contribution in [2.75, 3.05) is 14.1 Å². The summed E-state index contributed by atoms with van der Waals surface area (Å²) in [5.41, 5.74) is 1.46. The van der Waals surface area contributed by atoms with Crippen LogP contribution in [0.2, 0.25) is 0 Å². The lowest BCUT2D eigenvalue weighted by Gasteiger charge is -2.11. The molecule has 0 atom stereocenters. The fourth-order valence-electron chi connectivity index (χ4n) is 1.58. The molecule has 0 amide bonds. The van der Waals surface area contributed by atoms with E-state index in [4.69, 9.17) is 0 Å². The van der Waals surface area contributed by atoms with Gasteiger partial charge in [0.25, 0.3) is 0 Å². The van der Waals surface area contributed by atoms with Crippen LogP contribution in [0.1, 0.15) is 16.7 Å². The third-order valence-electron chi connectivity index (χ3n) is 2.73. The second-order valence-corrected chi connectivity index (χ2v) is 7.42. The molecule has 2 aromatic rings. The Hall–Kier alpha value is -1.57. The fraction of sp³-hybridized carbons (Fsp3) is 0.231. The Morgan fingerprint density at radius 3 is 2.25 bits per heavy atom. The van der Waals surface area contributed by atoms with Crippen molar-refractivity contribution in [2.24, 2.45) is 0 Å². The van der Waals surface area contributed by atoms with Gasteiger partial charge in [0, 0.05) is 32.0 Å². The molecule has 0 saturated carbocycles. The van der Waals surface area contributed by atoms with E-state index in [1.165, 1.54) is 48.8 Å². The summed E-state index contributed by atoms with van der Waals surface area (Å²) in [5.74, 6) is -0.0759. The van der Waals surface area contributed by atoms with Crippen molar-refractivity contribution in [1.82, 2.24) is 9.29 Å². The number of benzene rings is 1. The maximum absolute atomic E-state index is 11.9. The first-order valence-corrected chi connectivity index (χ1v) is 8.14. The Labute approximate surface area is 121 Å². The minimum absolute atomic E-state index is 0.0759. The molecule has 7 heteroatoms. The van der Waals surface area contributed by atoms with E-state index < -0.39 is 10.0 Å². The minimum atomic E-state index is -3.42. The van der Waals surface area contributed by atoms with E-state index in [1.54, 1.807) is 17.5 Å². The number of Topliss-reactive ketones (excluding diaryl/α,β-unsaturated/α-hetero) is 1. The largest absolute Gasteiger partial charge is 0.292 e. The predicted octanol–water partition coefficient (Wildman–Crippen LogP) is 2.26. The van der Waals surface area contributed by atoms with E-state index in [2.05, 4.69) is 4.98 Å². The second-order valence-electron chi connectivity index (χ2n) is 4.41. The van der Waals surface area contributed by atoms with E-state index >= 15 is 0 Å². The molecule has 0 spiro atoms. The number of carbonyl (C=O) groups is 1. The second kappa shape index (κ2) is 5.43. The topological polar surface area (TPSA) is 67.3 Å². The first-order chi connectivity index (χ1) is 9.32. The van der Waals surface area contributed by atoms with Crippen molar-refractivity contribution in [3.8, 4) is 11.3 Å². The van der Waals surface area contributed by atoms with E-state index in [0.717, 1.165) is 5.56 Å². The van der Waals surface area contributed by atoms with Gasteiger partial charge in [-0.15, -0.1) is 11.3 Å². The molecular weight excluding hydrogens is 296 g/mol. The van der Waals surface area contributed by atoms with Crippen LogP contribution in [0, 0.1) is 0 Å². The van der Waals surface area contributed by atoms with E-state index in [0.29, 0.717) is 10.7 Å². The smallest absolute Gasteiger partial charge is 0.242 e. The molecule has 0 aliphatic rings. The van der Waals surface area contributed by atoms with Gasteiger partial charge in [-0.25, -0.2) is 17.7 Å². The van der Waals surface area contributed by atoms with Gasteiger partial charge in [0.05, 0.1) is 10.6 Å². The summed E-state index contributed by atoms with van der Waals surface area (Å²) in [5, 5.41) is 2.23. The van der Waals surface area contributed by atoms with Gasteiger partial charge < -0.3 is 0 Å². The molecule has 0 radical (unpaired) electrons. The first-order valence-electron chi connectivity index (χ1n) is 5.82. The summed E-state index contributed by atoms with van der Waals surface area (Å²) in [7, 11) is -0.445. The third-order valence-corrected chi connectivity index (χ3v) is 5.51. The van der Waals surface area contributed by atoms with Gasteiger partial charge in [-0.2, -0.15) is 0 Å². The average molecular weight is 310 g/mol. The van der Waals surface area contributed by atoms with Gasteiger partial charge in [0.2, 0.25) is 10.0 Å². The van der Waals surface area contributed by atoms with Crippen LogP contribution in [0.15, 0.2) is 34.5 Å². The number of carbonyl (C=O) groups excluding carboxylic acids is 1. The number of aromatic nitrogens is 1. The standard InChI is InChI=1S/C13H14N2O3S2/c1-9(16)13-14-12(8-19-13)10-4-6-11(7-5-10)20(17,18)15(2)3/h4-8H,1-3H3. The van der Waals surface area contributed by atoms with E-state index in [-0.39, 0.29) is 10.7 Å². The molecule has 5 nitrogen and oxygen atoms in total. The van der Waals surface area contributed by atoms with Crippen LogP contribution in [-0.4, -0.2) is 37.6 Å². The van der Waals surface area contributed by atoms with Crippen molar-refractivity contribution < 1.29 is 13.2 Å². The highest BCUT2D eigenvalue weighted by Crippen LogP contribution is 2.24. The number of sulfonamides is 1. The molecule has 106 valence electrons. The van der Waals surface area contributed by atoms with E-state index in [1.807, 2.05) is 0 Å². The summed E-state index contributed by atoms with van der Waals surface area (Å²) < 4.78 is 25.0. The Morgan fingerprint density at radius 1 is 1.20 bits per heavy atom. The maximum atomic E-state index is 11.9. The van der Waals surface area contributed by atoms with Crippen molar-refractivity contribution in [2.45, 2.75) is 11.8 Å². The maximum Gasteiger partial charge on any atom is 0.242 e. The van der Waals surface area contributed by atoms with Crippen LogP contribution in [-0.2, 0) is 10.0 Å². The van der Waals surface area contributed by atoms with Crippen LogP contribution < -0.4 is 0 Å².